The third-order valence-corrected chi connectivity index (χ3v) is 2.22. The Balaban J connectivity index is 5.72. The summed E-state index contributed by atoms with van der Waals surface area (Å²) in [5.74, 6) is -25.8. The van der Waals surface area contributed by atoms with Crippen LogP contribution in [0.3, 0.4) is 0 Å². The molecule has 0 heterocycles. The second-order valence-electron chi connectivity index (χ2n) is 5.23. The van der Waals surface area contributed by atoms with Gasteiger partial charge in [0.1, 0.15) is 6.54 Å². The molecule has 0 saturated heterocycles. The fourth-order valence-electron chi connectivity index (χ4n) is 1.27. The van der Waals surface area contributed by atoms with Gasteiger partial charge in [0, 0.05) is 0 Å². The molecule has 0 saturated carbocycles. The lowest BCUT2D eigenvalue weighted by molar-refractivity contribution is -0.880. The van der Waals surface area contributed by atoms with Crippen LogP contribution >= 0.6 is 0 Å². The van der Waals surface area contributed by atoms with E-state index < -0.39 is 41.1 Å². The Labute approximate surface area is 107 Å². The van der Waals surface area contributed by atoms with Gasteiger partial charge in [0.25, 0.3) is 0 Å². The van der Waals surface area contributed by atoms with Crippen molar-refractivity contribution in [2.75, 3.05) is 27.7 Å². The highest BCUT2D eigenvalue weighted by Crippen LogP contribution is 2.54. The minimum Gasteiger partial charge on any atom is -0.326 e. The van der Waals surface area contributed by atoms with Crippen LogP contribution in [0.25, 0.3) is 0 Å². The van der Waals surface area contributed by atoms with Crippen LogP contribution in [0.2, 0.25) is 0 Å². The predicted octanol–water partition coefficient (Wildman–Crippen LogP) is 3.50. The van der Waals surface area contributed by atoms with Gasteiger partial charge in [-0.1, -0.05) is 0 Å². The lowest BCUT2D eigenvalue weighted by atomic mass is 9.98. The topological polar surface area (TPSA) is 0 Å². The lowest BCUT2D eigenvalue weighted by Gasteiger charge is -2.38. The van der Waals surface area contributed by atoms with Gasteiger partial charge in [-0.3, -0.25) is 0 Å². The third kappa shape index (κ3) is 3.12. The van der Waals surface area contributed by atoms with Crippen LogP contribution in [0.5, 0.6) is 0 Å². The third-order valence-electron chi connectivity index (χ3n) is 2.22. The molecule has 0 amide bonds. The van der Waals surface area contributed by atoms with Crippen molar-refractivity contribution in [2.45, 2.75) is 30.1 Å². The normalized spacial score (nSPS) is 15.9. The van der Waals surface area contributed by atoms with E-state index in [4.69, 9.17) is 0 Å². The van der Waals surface area contributed by atoms with E-state index >= 15 is 0 Å². The Morgan fingerprint density at radius 2 is 1.10 bits per heavy atom. The Kier molecular flexibility index (Phi) is 4.74. The van der Waals surface area contributed by atoms with Gasteiger partial charge in [-0.05, 0) is 0 Å². The molecule has 11 heteroatoms. The molecule has 0 aliphatic rings. The van der Waals surface area contributed by atoms with Crippen molar-refractivity contribution in [1.82, 2.24) is 0 Å². The quantitative estimate of drug-likeness (QED) is 0.518. The van der Waals surface area contributed by atoms with E-state index in [1.54, 1.807) is 0 Å². The molecule has 0 radical (unpaired) electrons. The first-order valence-corrected chi connectivity index (χ1v) is 5.00. The number of halogens is 10. The number of hydrogen-bond donors (Lipinski definition) is 0. The summed E-state index contributed by atoms with van der Waals surface area (Å²) in [5, 5.41) is 0. The van der Waals surface area contributed by atoms with Crippen molar-refractivity contribution >= 4 is 0 Å². The minimum atomic E-state index is -6.91. The van der Waals surface area contributed by atoms with Crippen LogP contribution in [0.1, 0.15) is 0 Å². The Hall–Kier alpha value is -0.740. The van der Waals surface area contributed by atoms with E-state index in [-0.39, 0.29) is 0 Å². The van der Waals surface area contributed by atoms with Gasteiger partial charge in [0.05, 0.1) is 21.1 Å². The fraction of sp³-hybridized carbons (Fsp3) is 1.00. The largest absolute Gasteiger partial charge is 0.384 e. The molecular weight excluding hydrogens is 312 g/mol. The summed E-state index contributed by atoms with van der Waals surface area (Å²) in [5.41, 5.74) is 0. The van der Waals surface area contributed by atoms with Gasteiger partial charge >= 0.3 is 30.1 Å². The van der Waals surface area contributed by atoms with E-state index in [1.165, 1.54) is 0 Å². The van der Waals surface area contributed by atoms with Crippen molar-refractivity contribution in [3.05, 3.63) is 0 Å². The van der Waals surface area contributed by atoms with Crippen molar-refractivity contribution in [3.8, 4) is 0 Å². The monoisotopic (exact) mass is 324 g/mol. The van der Waals surface area contributed by atoms with Crippen LogP contribution in [0, 0.1) is 0 Å². The van der Waals surface area contributed by atoms with Gasteiger partial charge in [-0.25, -0.2) is 8.78 Å². The minimum absolute atomic E-state index is 0.910. The number of rotatable bonds is 6. The number of hydrogen-bond acceptors (Lipinski definition) is 0. The summed E-state index contributed by atoms with van der Waals surface area (Å²) >= 11 is 0. The molecule has 0 atom stereocenters. The molecule has 0 spiro atoms. The summed E-state index contributed by atoms with van der Waals surface area (Å²) in [7, 11) is 2.73. The van der Waals surface area contributed by atoms with Gasteiger partial charge in [-0.2, -0.15) is 35.1 Å². The van der Waals surface area contributed by atoms with E-state index in [9.17, 15) is 43.9 Å². The first kappa shape index (κ1) is 19.3. The second-order valence-corrected chi connectivity index (χ2v) is 5.23. The Morgan fingerprint density at radius 3 is 1.35 bits per heavy atom. The summed E-state index contributed by atoms with van der Waals surface area (Å²) in [6.45, 7) is -1.95. The molecule has 0 aliphatic heterocycles. The molecule has 0 aliphatic carbocycles. The number of nitrogens with zero attached hydrogens (tertiary/aromatic N) is 1. The van der Waals surface area contributed by atoms with Crippen LogP contribution in [-0.4, -0.2) is 62.3 Å². The van der Waals surface area contributed by atoms with E-state index in [1.807, 2.05) is 0 Å². The predicted molar refractivity (Wildman–Crippen MR) is 48.7 cm³/mol. The maximum atomic E-state index is 13.2. The summed E-state index contributed by atoms with van der Waals surface area (Å²) in [6.07, 6.45) is -5.22. The highest BCUT2D eigenvalue weighted by atomic mass is 19.4. The number of quaternary nitrogens is 1. The van der Waals surface area contributed by atoms with E-state index in [0.29, 0.717) is 0 Å². The van der Waals surface area contributed by atoms with Gasteiger partial charge in [-0.15, -0.1) is 0 Å². The van der Waals surface area contributed by atoms with E-state index in [0.717, 1.165) is 21.1 Å². The van der Waals surface area contributed by atoms with E-state index in [2.05, 4.69) is 0 Å². The highest BCUT2D eigenvalue weighted by molar-refractivity contribution is 5.04. The zero-order valence-electron chi connectivity index (χ0n) is 10.5. The molecule has 0 bridgehead atoms. The lowest BCUT2D eigenvalue weighted by Crippen LogP contribution is -2.67. The van der Waals surface area contributed by atoms with Crippen molar-refractivity contribution in [3.63, 3.8) is 0 Å². The Bertz CT molecular complexity index is 343. The van der Waals surface area contributed by atoms with Crippen LogP contribution in [0.4, 0.5) is 43.9 Å². The molecule has 20 heavy (non-hydrogen) atoms. The average Bonchev–Trinajstić information content (AvgIpc) is 2.12. The fourth-order valence-corrected chi connectivity index (χ4v) is 1.27. The molecular formula is C9H12F10N+. The number of alkyl halides is 10. The smallest absolute Gasteiger partial charge is 0.326 e. The van der Waals surface area contributed by atoms with Gasteiger partial charge < -0.3 is 4.48 Å². The van der Waals surface area contributed by atoms with Crippen LogP contribution < -0.4 is 0 Å². The molecule has 0 aromatic heterocycles. The van der Waals surface area contributed by atoms with Crippen molar-refractivity contribution < 1.29 is 48.4 Å². The van der Waals surface area contributed by atoms with Gasteiger partial charge in [0.15, 0.2) is 0 Å². The first-order valence-electron chi connectivity index (χ1n) is 5.00. The Morgan fingerprint density at radius 1 is 0.750 bits per heavy atom. The first-order chi connectivity index (χ1) is 8.40. The molecule has 0 rings (SSSR count). The molecule has 0 aromatic rings. The summed E-state index contributed by atoms with van der Waals surface area (Å²) in [6, 6.07) is 0. The maximum absolute atomic E-state index is 13.2. The molecule has 0 fully saturated rings. The molecule has 0 aromatic carbocycles. The SMILES string of the molecule is C[N+](C)(C)CC(F)(F)C(F)(F)C(F)(F)C(F)(F)C(F)F. The maximum Gasteiger partial charge on any atom is 0.384 e. The van der Waals surface area contributed by atoms with Crippen molar-refractivity contribution in [1.29, 1.82) is 0 Å². The van der Waals surface area contributed by atoms with Gasteiger partial charge in [0.2, 0.25) is 0 Å². The molecule has 0 N–H and O–H groups in total. The average molecular weight is 324 g/mol. The molecule has 0 unspecified atom stereocenters. The van der Waals surface area contributed by atoms with Crippen LogP contribution in [-0.2, 0) is 0 Å². The zero-order chi connectivity index (χ0) is 16.8. The van der Waals surface area contributed by atoms with Crippen LogP contribution in [0.15, 0.2) is 0 Å². The second kappa shape index (κ2) is 4.92. The highest BCUT2D eigenvalue weighted by Gasteiger charge is 2.83. The summed E-state index contributed by atoms with van der Waals surface area (Å²) in [4.78, 5) is 0. The molecule has 1 nitrogen and oxygen atoms in total. The van der Waals surface area contributed by atoms with Crippen molar-refractivity contribution in [2.24, 2.45) is 0 Å². The zero-order valence-corrected chi connectivity index (χ0v) is 10.5. The molecule has 122 valence electrons. The summed E-state index contributed by atoms with van der Waals surface area (Å²) < 4.78 is 126. The standard InChI is InChI=1S/C9H12F10N/c1-20(2,3)4-6(12,13)8(16,17)9(18,19)7(14,15)5(10)11/h5H,4H2,1-3H3/q+1.